The first-order chi connectivity index (χ1) is 11.6. The van der Waals surface area contributed by atoms with Crippen molar-refractivity contribution in [2.24, 2.45) is 5.10 Å². The van der Waals surface area contributed by atoms with E-state index < -0.39 is 5.91 Å². The fourth-order valence-corrected chi connectivity index (χ4v) is 1.94. The molecule has 0 fully saturated rings. The number of amides is 1. The number of aromatic hydroxyl groups is 1. The molecule has 6 nitrogen and oxygen atoms in total. The highest BCUT2D eigenvalue weighted by molar-refractivity contribution is 5.85. The fraction of sp³-hybridized carbons (Fsp3) is 0.222. The quantitative estimate of drug-likeness (QED) is 0.604. The summed E-state index contributed by atoms with van der Waals surface area (Å²) >= 11 is 0. The van der Waals surface area contributed by atoms with Crippen molar-refractivity contribution in [1.82, 2.24) is 5.43 Å². The van der Waals surface area contributed by atoms with Gasteiger partial charge in [-0.15, -0.1) is 0 Å². The zero-order valence-corrected chi connectivity index (χ0v) is 13.7. The Labute approximate surface area is 140 Å². The number of carbonyl (C=O) groups excluding carboxylic acids is 1. The second-order valence-corrected chi connectivity index (χ2v) is 5.00. The van der Waals surface area contributed by atoms with Crippen molar-refractivity contribution in [1.29, 1.82) is 0 Å². The maximum absolute atomic E-state index is 11.7. The van der Waals surface area contributed by atoms with Gasteiger partial charge >= 0.3 is 0 Å². The van der Waals surface area contributed by atoms with E-state index in [1.54, 1.807) is 12.1 Å². The SMILES string of the molecule is CCc1ccc(OCC(=O)N/N=C\c2cc(OC)ccc2O)cc1. The van der Waals surface area contributed by atoms with Crippen molar-refractivity contribution in [2.75, 3.05) is 13.7 Å². The third-order valence-electron chi connectivity index (χ3n) is 3.33. The van der Waals surface area contributed by atoms with E-state index in [-0.39, 0.29) is 12.4 Å². The van der Waals surface area contributed by atoms with Crippen molar-refractivity contribution in [3.05, 3.63) is 53.6 Å². The minimum absolute atomic E-state index is 0.0427. The normalized spacial score (nSPS) is 10.6. The highest BCUT2D eigenvalue weighted by Crippen LogP contribution is 2.20. The summed E-state index contributed by atoms with van der Waals surface area (Å²) in [4.78, 5) is 11.7. The van der Waals surface area contributed by atoms with Crippen LogP contribution in [-0.4, -0.2) is 30.9 Å². The molecule has 2 rings (SSSR count). The summed E-state index contributed by atoms with van der Waals surface area (Å²) in [5.41, 5.74) is 3.98. The van der Waals surface area contributed by atoms with Gasteiger partial charge in [-0.3, -0.25) is 4.79 Å². The summed E-state index contributed by atoms with van der Waals surface area (Å²) in [6, 6.07) is 12.3. The second kappa shape index (κ2) is 8.57. The maximum Gasteiger partial charge on any atom is 0.277 e. The first-order valence-corrected chi connectivity index (χ1v) is 7.53. The standard InChI is InChI=1S/C18H20N2O4/c1-3-13-4-6-15(7-5-13)24-12-18(22)20-19-11-14-10-16(23-2)8-9-17(14)21/h4-11,21H,3,12H2,1-2H3,(H,20,22)/b19-11-. The predicted molar refractivity (Wildman–Crippen MR) is 91.7 cm³/mol. The van der Waals surface area contributed by atoms with Crippen molar-refractivity contribution >= 4 is 12.1 Å². The zero-order chi connectivity index (χ0) is 17.4. The molecule has 0 aromatic heterocycles. The van der Waals surface area contributed by atoms with E-state index >= 15 is 0 Å². The van der Waals surface area contributed by atoms with Crippen molar-refractivity contribution in [3.8, 4) is 17.2 Å². The molecule has 1 amide bonds. The van der Waals surface area contributed by atoms with Crippen LogP contribution >= 0.6 is 0 Å². The Bertz CT molecular complexity index is 711. The van der Waals surface area contributed by atoms with Crippen LogP contribution in [0.5, 0.6) is 17.2 Å². The van der Waals surface area contributed by atoms with Gasteiger partial charge in [-0.05, 0) is 42.3 Å². The van der Waals surface area contributed by atoms with Gasteiger partial charge in [0.05, 0.1) is 13.3 Å². The summed E-state index contributed by atoms with van der Waals surface area (Å²) in [6.07, 6.45) is 2.29. The summed E-state index contributed by atoms with van der Waals surface area (Å²) in [5.74, 6) is 0.852. The summed E-state index contributed by atoms with van der Waals surface area (Å²) in [7, 11) is 1.53. The first-order valence-electron chi connectivity index (χ1n) is 7.53. The van der Waals surface area contributed by atoms with Crippen molar-refractivity contribution in [3.63, 3.8) is 0 Å². The lowest BCUT2D eigenvalue weighted by atomic mass is 10.2. The Hall–Kier alpha value is -3.02. The van der Waals surface area contributed by atoms with Gasteiger partial charge in [-0.25, -0.2) is 5.43 Å². The van der Waals surface area contributed by atoms with Crippen LogP contribution in [0.4, 0.5) is 0 Å². The van der Waals surface area contributed by atoms with Gasteiger partial charge in [-0.2, -0.15) is 5.10 Å². The Morgan fingerprint density at radius 3 is 2.58 bits per heavy atom. The lowest BCUT2D eigenvalue weighted by Gasteiger charge is -2.06. The predicted octanol–water partition coefficient (Wildman–Crippen LogP) is 2.49. The number of nitrogens with one attached hydrogen (secondary N) is 1. The molecule has 0 saturated heterocycles. The van der Waals surface area contributed by atoms with Crippen LogP contribution in [0, 0.1) is 0 Å². The topological polar surface area (TPSA) is 80.2 Å². The lowest BCUT2D eigenvalue weighted by Crippen LogP contribution is -2.24. The number of ether oxygens (including phenoxy) is 2. The molecule has 126 valence electrons. The van der Waals surface area contributed by atoms with E-state index in [0.717, 1.165) is 6.42 Å². The molecule has 0 aliphatic rings. The summed E-state index contributed by atoms with van der Waals surface area (Å²) in [6.45, 7) is 1.92. The fourth-order valence-electron chi connectivity index (χ4n) is 1.94. The number of methoxy groups -OCH3 is 1. The smallest absolute Gasteiger partial charge is 0.277 e. The van der Waals surface area contributed by atoms with Crippen LogP contribution in [0.2, 0.25) is 0 Å². The first kappa shape index (κ1) is 17.3. The maximum atomic E-state index is 11.7. The minimum atomic E-state index is -0.395. The number of phenols is 1. The van der Waals surface area contributed by atoms with Crippen LogP contribution in [0.15, 0.2) is 47.6 Å². The Morgan fingerprint density at radius 1 is 1.21 bits per heavy atom. The average Bonchev–Trinajstić information content (AvgIpc) is 2.62. The molecule has 2 N–H and O–H groups in total. The molecule has 2 aromatic rings. The largest absolute Gasteiger partial charge is 0.507 e. The molecule has 6 heteroatoms. The summed E-state index contributed by atoms with van der Waals surface area (Å²) < 4.78 is 10.4. The molecule has 0 unspecified atom stereocenters. The molecular weight excluding hydrogens is 308 g/mol. The van der Waals surface area contributed by atoms with Gasteiger partial charge in [0.15, 0.2) is 6.61 Å². The van der Waals surface area contributed by atoms with E-state index in [2.05, 4.69) is 17.5 Å². The molecule has 2 aromatic carbocycles. The van der Waals surface area contributed by atoms with Crippen LogP contribution < -0.4 is 14.9 Å². The molecule has 0 radical (unpaired) electrons. The lowest BCUT2D eigenvalue weighted by molar-refractivity contribution is -0.123. The molecule has 0 atom stereocenters. The van der Waals surface area contributed by atoms with Crippen LogP contribution in [-0.2, 0) is 11.2 Å². The summed E-state index contributed by atoms with van der Waals surface area (Å²) in [5, 5.41) is 13.5. The second-order valence-electron chi connectivity index (χ2n) is 5.00. The molecule has 0 bridgehead atoms. The third-order valence-corrected chi connectivity index (χ3v) is 3.33. The van der Waals surface area contributed by atoms with Crippen molar-refractivity contribution in [2.45, 2.75) is 13.3 Å². The van der Waals surface area contributed by atoms with Crippen LogP contribution in [0.1, 0.15) is 18.1 Å². The van der Waals surface area contributed by atoms with Crippen LogP contribution in [0.25, 0.3) is 0 Å². The van der Waals surface area contributed by atoms with Crippen molar-refractivity contribution < 1.29 is 19.4 Å². The zero-order valence-electron chi connectivity index (χ0n) is 13.7. The van der Waals surface area contributed by atoms with Crippen LogP contribution in [0.3, 0.4) is 0 Å². The van der Waals surface area contributed by atoms with Gasteiger partial charge in [0.1, 0.15) is 17.2 Å². The molecule has 0 heterocycles. The number of hydrazone groups is 1. The average molecular weight is 328 g/mol. The van der Waals surface area contributed by atoms with Gasteiger partial charge in [0.25, 0.3) is 5.91 Å². The van der Waals surface area contributed by atoms with E-state index in [9.17, 15) is 9.90 Å². The number of rotatable bonds is 7. The Morgan fingerprint density at radius 2 is 1.92 bits per heavy atom. The van der Waals surface area contributed by atoms with Gasteiger partial charge in [0.2, 0.25) is 0 Å². The molecule has 0 aliphatic heterocycles. The minimum Gasteiger partial charge on any atom is -0.507 e. The van der Waals surface area contributed by atoms with Gasteiger partial charge in [0, 0.05) is 5.56 Å². The van der Waals surface area contributed by atoms with E-state index in [0.29, 0.717) is 17.1 Å². The van der Waals surface area contributed by atoms with E-state index in [4.69, 9.17) is 9.47 Å². The number of aryl methyl sites for hydroxylation is 1. The number of benzene rings is 2. The molecule has 0 saturated carbocycles. The third kappa shape index (κ3) is 5.01. The molecular formula is C18H20N2O4. The number of hydrogen-bond donors (Lipinski definition) is 2. The molecule has 24 heavy (non-hydrogen) atoms. The van der Waals surface area contributed by atoms with E-state index in [1.807, 2.05) is 24.3 Å². The molecule has 0 spiro atoms. The van der Waals surface area contributed by atoms with Gasteiger partial charge in [-0.1, -0.05) is 19.1 Å². The number of nitrogens with zero attached hydrogens (tertiary/aromatic N) is 1. The monoisotopic (exact) mass is 328 g/mol. The van der Waals surface area contributed by atoms with E-state index in [1.165, 1.54) is 25.0 Å². The Balaban J connectivity index is 1.84. The highest BCUT2D eigenvalue weighted by atomic mass is 16.5. The van der Waals surface area contributed by atoms with Gasteiger partial charge < -0.3 is 14.6 Å². The Kier molecular flexibility index (Phi) is 6.19. The number of phenolic OH excluding ortho intramolecular Hbond substituents is 1. The highest BCUT2D eigenvalue weighted by Gasteiger charge is 2.03. The number of hydrogen-bond acceptors (Lipinski definition) is 5. The molecule has 0 aliphatic carbocycles. The number of carbonyl (C=O) groups is 1.